The maximum absolute atomic E-state index is 6.21. The monoisotopic (exact) mass is 343 g/mol. The van der Waals surface area contributed by atoms with E-state index in [1.165, 1.54) is 69.8 Å². The van der Waals surface area contributed by atoms with E-state index in [1.807, 2.05) is 0 Å². The van der Waals surface area contributed by atoms with Gasteiger partial charge in [-0.15, -0.1) is 0 Å². The Hall–Kier alpha value is -1.08. The number of rotatable bonds is 16. The highest BCUT2D eigenvalue weighted by Gasteiger charge is 2.07. The van der Waals surface area contributed by atoms with Gasteiger partial charge in [-0.05, 0) is 31.2 Å². The average molecular weight is 344 g/mol. The molecule has 1 atom stereocenters. The van der Waals surface area contributed by atoms with Crippen LogP contribution in [0.2, 0.25) is 0 Å². The smallest absolute Gasteiger partial charge is 0.0720 e. The zero-order valence-corrected chi connectivity index (χ0v) is 16.4. The van der Waals surface area contributed by atoms with E-state index in [0.29, 0.717) is 6.10 Å². The summed E-state index contributed by atoms with van der Waals surface area (Å²) in [6, 6.07) is 10.5. The third-order valence-electron chi connectivity index (χ3n) is 4.64. The molecule has 1 rings (SSSR count). The minimum Gasteiger partial charge on any atom is -0.373 e. The molecule has 0 aliphatic carbocycles. The Morgan fingerprint density at radius 2 is 1.68 bits per heavy atom. The molecule has 0 heterocycles. The fraction of sp³-hybridized carbons (Fsp3) is 0.625. The van der Waals surface area contributed by atoms with Gasteiger partial charge in [-0.2, -0.15) is 0 Å². The van der Waals surface area contributed by atoms with Crippen LogP contribution in [0.4, 0.5) is 0 Å². The van der Waals surface area contributed by atoms with Crippen molar-refractivity contribution in [3.63, 3.8) is 0 Å². The molecular formula is C24H39O. The molecule has 0 fully saturated rings. The molecule has 0 N–H and O–H groups in total. The molecule has 0 aliphatic rings. The van der Waals surface area contributed by atoms with E-state index in [4.69, 9.17) is 4.74 Å². The van der Waals surface area contributed by atoms with Crippen molar-refractivity contribution in [3.05, 3.63) is 55.0 Å². The van der Waals surface area contributed by atoms with E-state index < -0.39 is 0 Å². The van der Waals surface area contributed by atoms with Gasteiger partial charge >= 0.3 is 0 Å². The maximum Gasteiger partial charge on any atom is 0.0720 e. The van der Waals surface area contributed by atoms with Crippen molar-refractivity contribution in [2.24, 2.45) is 0 Å². The van der Waals surface area contributed by atoms with Crippen molar-refractivity contribution < 1.29 is 4.74 Å². The van der Waals surface area contributed by atoms with Crippen LogP contribution < -0.4 is 0 Å². The van der Waals surface area contributed by atoms with Crippen molar-refractivity contribution in [2.45, 2.75) is 96.7 Å². The largest absolute Gasteiger partial charge is 0.373 e. The summed E-state index contributed by atoms with van der Waals surface area (Å²) in [5, 5.41) is 0. The van der Waals surface area contributed by atoms with Crippen molar-refractivity contribution in [1.82, 2.24) is 0 Å². The average Bonchev–Trinajstić information content (AvgIpc) is 2.65. The lowest BCUT2D eigenvalue weighted by atomic mass is 10.1. The summed E-state index contributed by atoms with van der Waals surface area (Å²) < 4.78 is 6.21. The van der Waals surface area contributed by atoms with Crippen molar-refractivity contribution >= 4 is 0 Å². The van der Waals surface area contributed by atoms with Crippen LogP contribution in [-0.4, -0.2) is 6.10 Å². The molecule has 0 saturated carbocycles. The van der Waals surface area contributed by atoms with Crippen molar-refractivity contribution in [1.29, 1.82) is 0 Å². The molecule has 0 bridgehead atoms. The molecule has 1 unspecified atom stereocenters. The molecule has 0 aliphatic heterocycles. The molecule has 0 aromatic heterocycles. The summed E-state index contributed by atoms with van der Waals surface area (Å²) >= 11 is 0. The second kappa shape index (κ2) is 16.4. The van der Waals surface area contributed by atoms with Gasteiger partial charge in [0.25, 0.3) is 0 Å². The van der Waals surface area contributed by atoms with Gasteiger partial charge in [0.2, 0.25) is 0 Å². The van der Waals surface area contributed by atoms with Crippen LogP contribution in [0.5, 0.6) is 0 Å². The van der Waals surface area contributed by atoms with Gasteiger partial charge in [0.05, 0.1) is 12.7 Å². The third kappa shape index (κ3) is 12.9. The Kier molecular flexibility index (Phi) is 14.4. The summed E-state index contributed by atoms with van der Waals surface area (Å²) in [6.45, 7) is 6.90. The van der Waals surface area contributed by atoms with Gasteiger partial charge in [0.15, 0.2) is 0 Å². The molecule has 0 spiro atoms. The molecule has 141 valence electrons. The van der Waals surface area contributed by atoms with E-state index in [-0.39, 0.29) is 0 Å². The fourth-order valence-electron chi connectivity index (χ4n) is 3.01. The topological polar surface area (TPSA) is 9.23 Å². The van der Waals surface area contributed by atoms with Crippen LogP contribution in [0.3, 0.4) is 0 Å². The van der Waals surface area contributed by atoms with Crippen LogP contribution in [-0.2, 0) is 11.3 Å². The van der Waals surface area contributed by atoms with E-state index >= 15 is 0 Å². The highest BCUT2D eigenvalue weighted by Crippen LogP contribution is 2.15. The summed E-state index contributed by atoms with van der Waals surface area (Å²) in [5.41, 5.74) is 1.27. The van der Waals surface area contributed by atoms with Crippen LogP contribution in [0.1, 0.15) is 89.5 Å². The predicted octanol–water partition coefficient (Wildman–Crippen LogP) is 7.66. The Balaban J connectivity index is 2.26. The first kappa shape index (κ1) is 22.0. The number of benzene rings is 1. The highest BCUT2D eigenvalue weighted by atomic mass is 16.5. The summed E-state index contributed by atoms with van der Waals surface area (Å²) in [5.74, 6) is 0. The summed E-state index contributed by atoms with van der Waals surface area (Å²) in [6.07, 6.45) is 20.1. The molecule has 1 nitrogen and oxygen atoms in total. The Morgan fingerprint density at radius 1 is 0.920 bits per heavy atom. The van der Waals surface area contributed by atoms with Gasteiger partial charge in [0, 0.05) is 0 Å². The Labute approximate surface area is 156 Å². The quantitative estimate of drug-likeness (QED) is 0.221. The Bertz CT molecular complexity index is 409. The molecule has 0 saturated heterocycles. The van der Waals surface area contributed by atoms with Crippen LogP contribution in [0.25, 0.3) is 0 Å². The third-order valence-corrected chi connectivity index (χ3v) is 4.64. The summed E-state index contributed by atoms with van der Waals surface area (Å²) in [7, 11) is 0. The molecule has 1 aromatic carbocycles. The van der Waals surface area contributed by atoms with Gasteiger partial charge in [0.1, 0.15) is 0 Å². The number of hydrogen-bond donors (Lipinski definition) is 0. The maximum atomic E-state index is 6.21. The number of unbranched alkanes of at least 4 members (excludes halogenated alkanes) is 8. The lowest BCUT2D eigenvalue weighted by Crippen LogP contribution is -2.12. The molecule has 1 aromatic rings. The highest BCUT2D eigenvalue weighted by molar-refractivity contribution is 5.13. The van der Waals surface area contributed by atoms with Gasteiger partial charge < -0.3 is 4.74 Å². The van der Waals surface area contributed by atoms with Gasteiger partial charge in [-0.3, -0.25) is 0 Å². The van der Waals surface area contributed by atoms with E-state index in [9.17, 15) is 0 Å². The van der Waals surface area contributed by atoms with Crippen LogP contribution in [0.15, 0.2) is 42.5 Å². The first-order chi connectivity index (χ1) is 12.4. The van der Waals surface area contributed by atoms with E-state index in [0.717, 1.165) is 19.4 Å². The molecular weight excluding hydrogens is 304 g/mol. The number of allylic oxidation sites excluding steroid dienone is 1. The molecule has 0 amide bonds. The lowest BCUT2D eigenvalue weighted by molar-refractivity contribution is 0.0353. The second-order valence-corrected chi connectivity index (χ2v) is 7.03. The van der Waals surface area contributed by atoms with Crippen LogP contribution >= 0.6 is 0 Å². The summed E-state index contributed by atoms with van der Waals surface area (Å²) in [4.78, 5) is 0. The fourth-order valence-corrected chi connectivity index (χ4v) is 3.01. The lowest BCUT2D eigenvalue weighted by Gasteiger charge is -2.16. The number of hydrogen-bond acceptors (Lipinski definition) is 1. The van der Waals surface area contributed by atoms with Gasteiger partial charge in [-0.1, -0.05) is 108 Å². The van der Waals surface area contributed by atoms with Crippen molar-refractivity contribution in [3.8, 4) is 0 Å². The number of ether oxygens (including phenoxy) is 1. The predicted molar refractivity (Wildman–Crippen MR) is 111 cm³/mol. The standard InChI is InChI=1S/C24H39O/c1-3-5-7-9-10-11-12-17-21-24(20-16-8-6-4-2)25-22-23-18-14-13-15-19-23/h12-15,17-19,24H,1,3-11,16,20-22H2,2H3. The molecule has 25 heavy (non-hydrogen) atoms. The molecule has 1 heteroatoms. The first-order valence-electron chi connectivity index (χ1n) is 10.5. The SMILES string of the molecule is [CH2]CCCCCCC=CCC(CCCCCC)OCc1ccccc1. The van der Waals surface area contributed by atoms with Crippen LogP contribution in [0, 0.1) is 6.92 Å². The minimum atomic E-state index is 0.361. The van der Waals surface area contributed by atoms with Crippen molar-refractivity contribution in [2.75, 3.05) is 0 Å². The normalized spacial score (nSPS) is 12.7. The van der Waals surface area contributed by atoms with E-state index in [1.54, 1.807) is 0 Å². The zero-order chi connectivity index (χ0) is 18.0. The Morgan fingerprint density at radius 3 is 2.44 bits per heavy atom. The second-order valence-electron chi connectivity index (χ2n) is 7.03. The van der Waals surface area contributed by atoms with Gasteiger partial charge in [-0.25, -0.2) is 0 Å². The first-order valence-corrected chi connectivity index (χ1v) is 10.5. The minimum absolute atomic E-state index is 0.361. The van der Waals surface area contributed by atoms with E-state index in [2.05, 4.69) is 56.3 Å². The zero-order valence-electron chi connectivity index (χ0n) is 16.4. The molecule has 1 radical (unpaired) electrons.